The van der Waals surface area contributed by atoms with E-state index in [-0.39, 0.29) is 18.1 Å². The lowest BCUT2D eigenvalue weighted by atomic mass is 10.1. The van der Waals surface area contributed by atoms with Crippen molar-refractivity contribution in [1.29, 1.82) is 0 Å². The van der Waals surface area contributed by atoms with Crippen molar-refractivity contribution in [2.75, 3.05) is 11.4 Å². The van der Waals surface area contributed by atoms with Crippen LogP contribution in [0.2, 0.25) is 0 Å². The summed E-state index contributed by atoms with van der Waals surface area (Å²) in [4.78, 5) is 1.92. The van der Waals surface area contributed by atoms with E-state index >= 15 is 0 Å². The Kier molecular flexibility index (Phi) is 4.02. The van der Waals surface area contributed by atoms with Gasteiger partial charge in [0.2, 0.25) is 0 Å². The van der Waals surface area contributed by atoms with Crippen LogP contribution in [0.25, 0.3) is 0 Å². The molecule has 0 atom stereocenters. The number of halogens is 1. The molecule has 0 aromatic heterocycles. The lowest BCUT2D eigenvalue weighted by Gasteiger charge is -2.26. The predicted molar refractivity (Wildman–Crippen MR) is 75.1 cm³/mol. The Bertz CT molecular complexity index is 572. The fourth-order valence-electron chi connectivity index (χ4n) is 2.16. The first-order chi connectivity index (χ1) is 9.17. The molecule has 2 aromatic carbocycles. The van der Waals surface area contributed by atoms with Gasteiger partial charge in [-0.1, -0.05) is 12.1 Å². The molecule has 0 aliphatic rings. The second-order valence-corrected chi connectivity index (χ2v) is 4.21. The maximum absolute atomic E-state index is 13.8. The van der Waals surface area contributed by atoms with Gasteiger partial charge in [-0.15, -0.1) is 0 Å². The summed E-state index contributed by atoms with van der Waals surface area (Å²) in [6.07, 6.45) is 0. The molecule has 4 heteroatoms. The molecule has 0 aliphatic carbocycles. The highest BCUT2D eigenvalue weighted by Crippen LogP contribution is 2.31. The maximum Gasteiger partial charge on any atom is 0.129 e. The SMILES string of the molecule is CCN(c1cccc(O)c1)c1cccc(F)c1CN. The third-order valence-corrected chi connectivity index (χ3v) is 3.05. The molecule has 0 bridgehead atoms. The minimum atomic E-state index is -0.307. The largest absolute Gasteiger partial charge is 0.508 e. The first kappa shape index (κ1) is 13.4. The Balaban J connectivity index is 2.51. The van der Waals surface area contributed by atoms with E-state index in [0.717, 1.165) is 11.4 Å². The second-order valence-electron chi connectivity index (χ2n) is 4.21. The zero-order valence-electron chi connectivity index (χ0n) is 10.8. The van der Waals surface area contributed by atoms with Crippen LogP contribution in [0.3, 0.4) is 0 Å². The molecule has 0 heterocycles. The molecule has 3 nitrogen and oxygen atoms in total. The number of rotatable bonds is 4. The van der Waals surface area contributed by atoms with Crippen LogP contribution in [-0.4, -0.2) is 11.7 Å². The Labute approximate surface area is 112 Å². The van der Waals surface area contributed by atoms with Crippen molar-refractivity contribution in [1.82, 2.24) is 0 Å². The van der Waals surface area contributed by atoms with E-state index in [4.69, 9.17) is 5.73 Å². The Morgan fingerprint density at radius 3 is 2.58 bits per heavy atom. The lowest BCUT2D eigenvalue weighted by molar-refractivity contribution is 0.475. The average Bonchev–Trinajstić information content (AvgIpc) is 2.40. The molecule has 2 aromatic rings. The summed E-state index contributed by atoms with van der Waals surface area (Å²) in [5.41, 5.74) is 7.66. The average molecular weight is 260 g/mol. The molecule has 0 saturated heterocycles. The predicted octanol–water partition coefficient (Wildman–Crippen LogP) is 3.15. The van der Waals surface area contributed by atoms with E-state index in [2.05, 4.69) is 0 Å². The summed E-state index contributed by atoms with van der Waals surface area (Å²) in [5, 5.41) is 9.56. The first-order valence-corrected chi connectivity index (χ1v) is 6.21. The van der Waals surface area contributed by atoms with E-state index in [1.807, 2.05) is 24.0 Å². The smallest absolute Gasteiger partial charge is 0.129 e. The molecule has 3 N–H and O–H groups in total. The number of aromatic hydroxyl groups is 1. The number of hydrogen-bond acceptors (Lipinski definition) is 3. The highest BCUT2D eigenvalue weighted by Gasteiger charge is 2.14. The quantitative estimate of drug-likeness (QED) is 0.887. The molecule has 0 aliphatic heterocycles. The van der Waals surface area contributed by atoms with E-state index in [9.17, 15) is 9.50 Å². The zero-order valence-corrected chi connectivity index (χ0v) is 10.8. The van der Waals surface area contributed by atoms with E-state index in [1.165, 1.54) is 6.07 Å². The molecular formula is C15H17FN2O. The van der Waals surface area contributed by atoms with Gasteiger partial charge in [-0.2, -0.15) is 0 Å². The summed E-state index contributed by atoms with van der Waals surface area (Å²) in [6, 6.07) is 11.8. The summed E-state index contributed by atoms with van der Waals surface area (Å²) >= 11 is 0. The van der Waals surface area contributed by atoms with Crippen LogP contribution in [0.15, 0.2) is 42.5 Å². The number of phenols is 1. The highest BCUT2D eigenvalue weighted by atomic mass is 19.1. The molecule has 0 radical (unpaired) electrons. The molecule has 0 unspecified atom stereocenters. The third kappa shape index (κ3) is 2.69. The van der Waals surface area contributed by atoms with Crippen LogP contribution in [0.5, 0.6) is 5.75 Å². The van der Waals surface area contributed by atoms with Gasteiger partial charge in [0.25, 0.3) is 0 Å². The van der Waals surface area contributed by atoms with Crippen LogP contribution >= 0.6 is 0 Å². The van der Waals surface area contributed by atoms with Gasteiger partial charge in [0.05, 0.1) is 0 Å². The highest BCUT2D eigenvalue weighted by molar-refractivity contribution is 5.67. The molecule has 2 rings (SSSR count). The van der Waals surface area contributed by atoms with Crippen LogP contribution < -0.4 is 10.6 Å². The number of benzene rings is 2. The Hall–Kier alpha value is -2.07. The molecular weight excluding hydrogens is 243 g/mol. The summed E-state index contributed by atoms with van der Waals surface area (Å²) in [6.45, 7) is 2.76. The molecule has 100 valence electrons. The normalized spacial score (nSPS) is 10.5. The van der Waals surface area contributed by atoms with Gasteiger partial charge in [0.1, 0.15) is 11.6 Å². The van der Waals surface area contributed by atoms with Crippen molar-refractivity contribution < 1.29 is 9.50 Å². The van der Waals surface area contributed by atoms with Crippen molar-refractivity contribution in [3.05, 3.63) is 53.8 Å². The number of hydrogen-bond donors (Lipinski definition) is 2. The number of anilines is 2. The second kappa shape index (κ2) is 5.71. The van der Waals surface area contributed by atoms with Crippen molar-refractivity contribution in [3.8, 4) is 5.75 Å². The minimum Gasteiger partial charge on any atom is -0.508 e. The molecule has 0 amide bonds. The third-order valence-electron chi connectivity index (χ3n) is 3.05. The summed E-state index contributed by atoms with van der Waals surface area (Å²) in [7, 11) is 0. The van der Waals surface area contributed by atoms with E-state index in [0.29, 0.717) is 12.1 Å². The molecule has 0 spiro atoms. The van der Waals surface area contributed by atoms with Gasteiger partial charge in [-0.05, 0) is 31.2 Å². The topological polar surface area (TPSA) is 49.5 Å². The maximum atomic E-state index is 13.8. The first-order valence-electron chi connectivity index (χ1n) is 6.21. The van der Waals surface area contributed by atoms with Crippen LogP contribution in [0.4, 0.5) is 15.8 Å². The van der Waals surface area contributed by atoms with Gasteiger partial charge in [0, 0.05) is 36.1 Å². The van der Waals surface area contributed by atoms with Crippen LogP contribution in [0.1, 0.15) is 12.5 Å². The van der Waals surface area contributed by atoms with E-state index < -0.39 is 0 Å². The number of phenolic OH excluding ortho intramolecular Hbond substituents is 1. The zero-order chi connectivity index (χ0) is 13.8. The van der Waals surface area contributed by atoms with Crippen molar-refractivity contribution in [2.45, 2.75) is 13.5 Å². The van der Waals surface area contributed by atoms with Crippen LogP contribution in [0, 0.1) is 5.82 Å². The van der Waals surface area contributed by atoms with Crippen molar-refractivity contribution in [3.63, 3.8) is 0 Å². The Morgan fingerprint density at radius 1 is 1.21 bits per heavy atom. The van der Waals surface area contributed by atoms with E-state index in [1.54, 1.807) is 24.3 Å². The monoisotopic (exact) mass is 260 g/mol. The number of nitrogens with zero attached hydrogens (tertiary/aromatic N) is 1. The van der Waals surface area contributed by atoms with Crippen molar-refractivity contribution in [2.24, 2.45) is 5.73 Å². The fourth-order valence-corrected chi connectivity index (χ4v) is 2.16. The molecule has 0 saturated carbocycles. The van der Waals surface area contributed by atoms with Gasteiger partial charge in [-0.25, -0.2) is 4.39 Å². The van der Waals surface area contributed by atoms with Gasteiger partial charge in [-0.3, -0.25) is 0 Å². The molecule has 19 heavy (non-hydrogen) atoms. The van der Waals surface area contributed by atoms with Crippen LogP contribution in [-0.2, 0) is 6.54 Å². The summed E-state index contributed by atoms with van der Waals surface area (Å²) in [5.74, 6) is -0.125. The molecule has 0 fully saturated rings. The minimum absolute atomic E-state index is 0.136. The fraction of sp³-hybridized carbons (Fsp3) is 0.200. The van der Waals surface area contributed by atoms with Gasteiger partial charge >= 0.3 is 0 Å². The summed E-state index contributed by atoms with van der Waals surface area (Å²) < 4.78 is 13.8. The van der Waals surface area contributed by atoms with Crippen molar-refractivity contribution >= 4 is 11.4 Å². The standard InChI is InChI=1S/C15H17FN2O/c1-2-18(11-5-3-6-12(19)9-11)15-8-4-7-14(16)13(15)10-17/h3-9,19H,2,10,17H2,1H3. The van der Waals surface area contributed by atoms with Gasteiger partial charge in [0.15, 0.2) is 0 Å². The Morgan fingerprint density at radius 2 is 1.95 bits per heavy atom. The lowest BCUT2D eigenvalue weighted by Crippen LogP contribution is -2.19. The van der Waals surface area contributed by atoms with Gasteiger partial charge < -0.3 is 15.7 Å². The number of nitrogens with two attached hydrogens (primary N) is 1.